The minimum Gasteiger partial charge on any atom is -0.399 e. The molecule has 0 fully saturated rings. The van der Waals surface area contributed by atoms with Gasteiger partial charge in [-0.1, -0.05) is 29.8 Å². The molecule has 0 heterocycles. The highest BCUT2D eigenvalue weighted by Gasteiger charge is 1.98. The number of hydrogen-bond acceptors (Lipinski definition) is 2. The molecule has 2 aromatic carbocycles. The average molecular weight is 230 g/mol. The number of nitrogen functional groups attached to an aromatic ring is 1. The molecule has 0 amide bonds. The van der Waals surface area contributed by atoms with Crippen LogP contribution in [0.5, 0.6) is 0 Å². The smallest absolute Gasteiger partial charge is 0.127 e. The lowest BCUT2D eigenvalue weighted by Gasteiger charge is -2.08. The minimum absolute atomic E-state index is 0.323. The third-order valence-corrected chi connectivity index (χ3v) is 2.54. The Hall–Kier alpha value is -2.03. The highest BCUT2D eigenvalue weighted by atomic mass is 19.1. The molecule has 0 aliphatic rings. The average Bonchev–Trinajstić information content (AvgIpc) is 2.27. The van der Waals surface area contributed by atoms with E-state index in [2.05, 4.69) is 17.4 Å². The third-order valence-electron chi connectivity index (χ3n) is 2.54. The Morgan fingerprint density at radius 2 is 1.82 bits per heavy atom. The van der Waals surface area contributed by atoms with Crippen LogP contribution in [0.3, 0.4) is 0 Å². The van der Waals surface area contributed by atoms with Crippen molar-refractivity contribution in [1.82, 2.24) is 0 Å². The number of benzene rings is 2. The van der Waals surface area contributed by atoms with Gasteiger partial charge in [-0.25, -0.2) is 4.39 Å². The van der Waals surface area contributed by atoms with Crippen molar-refractivity contribution in [2.45, 2.75) is 13.5 Å². The lowest BCUT2D eigenvalue weighted by atomic mass is 10.1. The van der Waals surface area contributed by atoms with E-state index in [-0.39, 0.29) is 5.82 Å². The monoisotopic (exact) mass is 230 g/mol. The fourth-order valence-electron chi connectivity index (χ4n) is 1.62. The van der Waals surface area contributed by atoms with Crippen LogP contribution in [0.4, 0.5) is 15.8 Å². The maximum atomic E-state index is 13.1. The Morgan fingerprint density at radius 3 is 2.47 bits per heavy atom. The van der Waals surface area contributed by atoms with Crippen molar-refractivity contribution < 1.29 is 4.39 Å². The predicted molar refractivity (Wildman–Crippen MR) is 69.3 cm³/mol. The van der Waals surface area contributed by atoms with Gasteiger partial charge in [0.1, 0.15) is 5.82 Å². The highest BCUT2D eigenvalue weighted by molar-refractivity contribution is 5.54. The summed E-state index contributed by atoms with van der Waals surface area (Å²) in [6.07, 6.45) is 0. The van der Waals surface area contributed by atoms with E-state index in [1.807, 2.05) is 19.1 Å². The van der Waals surface area contributed by atoms with Gasteiger partial charge >= 0.3 is 0 Å². The van der Waals surface area contributed by atoms with Crippen molar-refractivity contribution in [1.29, 1.82) is 0 Å². The molecule has 0 atom stereocenters. The van der Waals surface area contributed by atoms with E-state index in [9.17, 15) is 4.39 Å². The molecule has 0 saturated carbocycles. The van der Waals surface area contributed by atoms with Crippen LogP contribution in [0.15, 0.2) is 42.5 Å². The number of anilines is 2. The second-order valence-electron chi connectivity index (χ2n) is 4.11. The Labute approximate surface area is 100 Å². The molecule has 0 unspecified atom stereocenters. The molecule has 17 heavy (non-hydrogen) atoms. The fraction of sp³-hybridized carbons (Fsp3) is 0.143. The van der Waals surface area contributed by atoms with E-state index in [0.29, 0.717) is 17.9 Å². The van der Waals surface area contributed by atoms with Crippen LogP contribution in [0.1, 0.15) is 11.1 Å². The second-order valence-corrected chi connectivity index (χ2v) is 4.11. The number of nitrogens with two attached hydrogens (primary N) is 1. The summed E-state index contributed by atoms with van der Waals surface area (Å²) in [5.41, 5.74) is 9.07. The van der Waals surface area contributed by atoms with Gasteiger partial charge in [-0.05, 0) is 30.7 Å². The predicted octanol–water partition coefficient (Wildman–Crippen LogP) is 3.33. The van der Waals surface area contributed by atoms with Crippen molar-refractivity contribution in [2.24, 2.45) is 0 Å². The molecule has 0 saturated heterocycles. The standard InChI is InChI=1S/C14H15FN2/c1-10-2-4-11(5-3-10)9-17-14-7-12(15)6-13(16)8-14/h2-8,17H,9,16H2,1H3. The molecule has 88 valence electrons. The first-order chi connectivity index (χ1) is 8.13. The van der Waals surface area contributed by atoms with Crippen molar-refractivity contribution in [2.75, 3.05) is 11.1 Å². The summed E-state index contributed by atoms with van der Waals surface area (Å²) in [5.74, 6) is -0.323. The molecule has 0 aromatic heterocycles. The summed E-state index contributed by atoms with van der Waals surface area (Å²) in [6.45, 7) is 2.70. The van der Waals surface area contributed by atoms with Gasteiger partial charge in [-0.15, -0.1) is 0 Å². The van der Waals surface area contributed by atoms with Gasteiger partial charge in [0.2, 0.25) is 0 Å². The van der Waals surface area contributed by atoms with Gasteiger partial charge in [0.15, 0.2) is 0 Å². The molecular formula is C14H15FN2. The SMILES string of the molecule is Cc1ccc(CNc2cc(N)cc(F)c2)cc1. The molecule has 3 heteroatoms. The van der Waals surface area contributed by atoms with Crippen LogP contribution in [0.25, 0.3) is 0 Å². The van der Waals surface area contributed by atoms with Gasteiger partial charge in [0, 0.05) is 17.9 Å². The van der Waals surface area contributed by atoms with Crippen LogP contribution in [0, 0.1) is 12.7 Å². The Balaban J connectivity index is 2.04. The lowest BCUT2D eigenvalue weighted by Crippen LogP contribution is -2.00. The molecule has 3 N–H and O–H groups in total. The zero-order valence-corrected chi connectivity index (χ0v) is 9.70. The zero-order valence-electron chi connectivity index (χ0n) is 9.70. The van der Waals surface area contributed by atoms with Crippen LogP contribution in [0.2, 0.25) is 0 Å². The Kier molecular flexibility index (Phi) is 3.28. The summed E-state index contributed by atoms with van der Waals surface area (Å²) in [5, 5.41) is 3.14. The normalized spacial score (nSPS) is 10.2. The first-order valence-electron chi connectivity index (χ1n) is 5.49. The van der Waals surface area contributed by atoms with Crippen LogP contribution in [-0.2, 0) is 6.54 Å². The van der Waals surface area contributed by atoms with Gasteiger partial charge in [-0.2, -0.15) is 0 Å². The van der Waals surface area contributed by atoms with Crippen molar-refractivity contribution in [3.05, 3.63) is 59.4 Å². The van der Waals surface area contributed by atoms with Crippen LogP contribution < -0.4 is 11.1 Å². The topological polar surface area (TPSA) is 38.0 Å². The largest absolute Gasteiger partial charge is 0.399 e. The van der Waals surface area contributed by atoms with Crippen LogP contribution in [-0.4, -0.2) is 0 Å². The number of hydrogen-bond donors (Lipinski definition) is 2. The first kappa shape index (κ1) is 11.5. The maximum Gasteiger partial charge on any atom is 0.127 e. The summed E-state index contributed by atoms with van der Waals surface area (Å²) in [7, 11) is 0. The number of nitrogens with one attached hydrogen (secondary N) is 1. The maximum absolute atomic E-state index is 13.1. The Morgan fingerprint density at radius 1 is 1.12 bits per heavy atom. The van der Waals surface area contributed by atoms with Crippen LogP contribution >= 0.6 is 0 Å². The third kappa shape index (κ3) is 3.21. The second kappa shape index (κ2) is 4.87. The van der Waals surface area contributed by atoms with Crippen molar-refractivity contribution in [3.63, 3.8) is 0 Å². The van der Waals surface area contributed by atoms with E-state index < -0.39 is 0 Å². The van der Waals surface area contributed by atoms with E-state index in [1.165, 1.54) is 17.7 Å². The zero-order chi connectivity index (χ0) is 12.3. The summed E-state index contributed by atoms with van der Waals surface area (Å²) < 4.78 is 13.1. The molecule has 0 aliphatic carbocycles. The molecule has 2 rings (SSSR count). The van der Waals surface area contributed by atoms with Gasteiger partial charge in [0.05, 0.1) is 0 Å². The number of aryl methyl sites for hydroxylation is 1. The Bertz CT molecular complexity index is 486. The highest BCUT2D eigenvalue weighted by Crippen LogP contribution is 2.16. The first-order valence-corrected chi connectivity index (χ1v) is 5.49. The van der Waals surface area contributed by atoms with E-state index >= 15 is 0 Å². The molecular weight excluding hydrogens is 215 g/mol. The van der Waals surface area contributed by atoms with E-state index in [0.717, 1.165) is 5.56 Å². The molecule has 0 spiro atoms. The quantitative estimate of drug-likeness (QED) is 0.794. The van der Waals surface area contributed by atoms with Crippen molar-refractivity contribution in [3.8, 4) is 0 Å². The fourth-order valence-corrected chi connectivity index (χ4v) is 1.62. The molecule has 2 aromatic rings. The van der Waals surface area contributed by atoms with Gasteiger partial charge in [0.25, 0.3) is 0 Å². The molecule has 0 aliphatic heterocycles. The molecule has 2 nitrogen and oxygen atoms in total. The van der Waals surface area contributed by atoms with Crippen molar-refractivity contribution >= 4 is 11.4 Å². The van der Waals surface area contributed by atoms with E-state index in [4.69, 9.17) is 5.73 Å². The number of rotatable bonds is 3. The minimum atomic E-state index is -0.323. The molecule has 0 bridgehead atoms. The molecule has 0 radical (unpaired) electrons. The summed E-state index contributed by atoms with van der Waals surface area (Å²) in [4.78, 5) is 0. The van der Waals surface area contributed by atoms with Gasteiger partial charge < -0.3 is 11.1 Å². The summed E-state index contributed by atoms with van der Waals surface area (Å²) >= 11 is 0. The van der Waals surface area contributed by atoms with Gasteiger partial charge in [-0.3, -0.25) is 0 Å². The van der Waals surface area contributed by atoms with E-state index in [1.54, 1.807) is 6.07 Å². The lowest BCUT2D eigenvalue weighted by molar-refractivity contribution is 0.629. The summed E-state index contributed by atoms with van der Waals surface area (Å²) in [6, 6.07) is 12.7. The number of halogens is 1.